The number of hydrogen-bond donors (Lipinski definition) is 2. The van der Waals surface area contributed by atoms with E-state index in [1.165, 1.54) is 0 Å². The summed E-state index contributed by atoms with van der Waals surface area (Å²) in [4.78, 5) is 24.6. The van der Waals surface area contributed by atoms with Crippen molar-refractivity contribution in [2.75, 3.05) is 0 Å². The first kappa shape index (κ1) is 21.2. The molecule has 2 N–H and O–H groups in total. The highest BCUT2D eigenvalue weighted by atomic mass is 16.2. The van der Waals surface area contributed by atoms with Gasteiger partial charge in [0, 0.05) is 11.1 Å². The molecule has 3 rings (SSSR count). The van der Waals surface area contributed by atoms with E-state index < -0.39 is 5.91 Å². The lowest BCUT2D eigenvalue weighted by atomic mass is 10.0. The number of benzene rings is 2. The molecule has 7 nitrogen and oxygen atoms in total. The van der Waals surface area contributed by atoms with Gasteiger partial charge in [0.25, 0.3) is 11.8 Å². The quantitative estimate of drug-likeness (QED) is 0.585. The summed E-state index contributed by atoms with van der Waals surface area (Å²) < 4.78 is 1.69. The molecule has 0 spiro atoms. The van der Waals surface area contributed by atoms with Gasteiger partial charge in [-0.25, -0.2) is 4.68 Å². The number of hydrazine groups is 1. The zero-order chi connectivity index (χ0) is 21.5. The van der Waals surface area contributed by atoms with E-state index in [0.717, 1.165) is 36.2 Å². The third kappa shape index (κ3) is 5.31. The molecule has 156 valence electrons. The summed E-state index contributed by atoms with van der Waals surface area (Å²) in [5.74, 6) is -0.362. The number of rotatable bonds is 7. The SMILES string of the molecule is CCCCc1cn(-c2ccc(C(=O)NNC(=O)c3ccc(C(C)C)cc3)cc2)nn1. The molecule has 0 aliphatic carbocycles. The van der Waals surface area contributed by atoms with Crippen molar-refractivity contribution in [3.8, 4) is 5.69 Å². The molecule has 0 bridgehead atoms. The van der Waals surface area contributed by atoms with E-state index in [-0.39, 0.29) is 5.91 Å². The predicted molar refractivity (Wildman–Crippen MR) is 115 cm³/mol. The Labute approximate surface area is 176 Å². The lowest BCUT2D eigenvalue weighted by Crippen LogP contribution is -2.41. The van der Waals surface area contributed by atoms with Crippen LogP contribution in [0.3, 0.4) is 0 Å². The molecule has 0 aliphatic heterocycles. The van der Waals surface area contributed by atoms with Gasteiger partial charge in [-0.05, 0) is 60.7 Å². The van der Waals surface area contributed by atoms with Crippen LogP contribution < -0.4 is 10.9 Å². The summed E-state index contributed by atoms with van der Waals surface area (Å²) in [5.41, 5.74) is 8.73. The van der Waals surface area contributed by atoms with Crippen molar-refractivity contribution in [2.45, 2.75) is 46.0 Å². The second-order valence-corrected chi connectivity index (χ2v) is 7.49. The van der Waals surface area contributed by atoms with E-state index in [1.807, 2.05) is 18.3 Å². The van der Waals surface area contributed by atoms with E-state index in [0.29, 0.717) is 17.0 Å². The van der Waals surface area contributed by atoms with Gasteiger partial charge in [-0.2, -0.15) is 0 Å². The fourth-order valence-electron chi connectivity index (χ4n) is 2.94. The van der Waals surface area contributed by atoms with E-state index >= 15 is 0 Å². The van der Waals surface area contributed by atoms with Crippen LogP contribution in [-0.2, 0) is 6.42 Å². The first-order valence-electron chi connectivity index (χ1n) is 10.2. The minimum absolute atomic E-state index is 0.363. The monoisotopic (exact) mass is 405 g/mol. The first-order chi connectivity index (χ1) is 14.5. The number of unbranched alkanes of at least 4 members (excludes halogenated alkanes) is 1. The molecule has 2 aromatic carbocycles. The Hall–Kier alpha value is -3.48. The van der Waals surface area contributed by atoms with Gasteiger partial charge in [0.05, 0.1) is 17.6 Å². The fourth-order valence-corrected chi connectivity index (χ4v) is 2.94. The second-order valence-electron chi connectivity index (χ2n) is 7.49. The summed E-state index contributed by atoms with van der Waals surface area (Å²) in [6, 6.07) is 14.3. The number of hydrogen-bond acceptors (Lipinski definition) is 4. The Balaban J connectivity index is 1.56. The molecule has 0 saturated carbocycles. The van der Waals surface area contributed by atoms with Crippen LogP contribution >= 0.6 is 0 Å². The predicted octanol–water partition coefficient (Wildman–Crippen LogP) is 3.81. The maximum absolute atomic E-state index is 12.3. The van der Waals surface area contributed by atoms with E-state index in [9.17, 15) is 9.59 Å². The first-order valence-corrected chi connectivity index (χ1v) is 10.2. The smallest absolute Gasteiger partial charge is 0.267 e. The van der Waals surface area contributed by atoms with Gasteiger partial charge in [-0.15, -0.1) is 5.10 Å². The number of aryl methyl sites for hydroxylation is 1. The summed E-state index contributed by atoms with van der Waals surface area (Å²) in [6.45, 7) is 6.32. The average molecular weight is 406 g/mol. The van der Waals surface area contributed by atoms with Gasteiger partial charge in [0.2, 0.25) is 0 Å². The fraction of sp³-hybridized carbons (Fsp3) is 0.304. The number of carbonyl (C=O) groups excluding carboxylic acids is 2. The molecule has 7 heteroatoms. The van der Waals surface area contributed by atoms with Crippen molar-refractivity contribution in [1.29, 1.82) is 0 Å². The second kappa shape index (κ2) is 9.82. The molecular formula is C23H27N5O2. The van der Waals surface area contributed by atoms with Crippen molar-refractivity contribution < 1.29 is 9.59 Å². The minimum Gasteiger partial charge on any atom is -0.267 e. The average Bonchev–Trinajstić information content (AvgIpc) is 3.25. The number of carbonyl (C=O) groups is 2. The van der Waals surface area contributed by atoms with E-state index in [2.05, 4.69) is 41.9 Å². The Morgan fingerprint density at radius 2 is 1.50 bits per heavy atom. The molecular weight excluding hydrogens is 378 g/mol. The zero-order valence-electron chi connectivity index (χ0n) is 17.6. The molecule has 1 aromatic heterocycles. The van der Waals surface area contributed by atoms with Crippen molar-refractivity contribution >= 4 is 11.8 Å². The summed E-state index contributed by atoms with van der Waals surface area (Å²) in [5, 5.41) is 8.30. The maximum atomic E-state index is 12.3. The molecule has 0 unspecified atom stereocenters. The van der Waals surface area contributed by atoms with Crippen molar-refractivity contribution in [1.82, 2.24) is 25.8 Å². The van der Waals surface area contributed by atoms with E-state index in [4.69, 9.17) is 0 Å². The summed E-state index contributed by atoms with van der Waals surface area (Å²) >= 11 is 0. The molecule has 3 aromatic rings. The van der Waals surface area contributed by atoms with Gasteiger partial charge in [-0.1, -0.05) is 44.5 Å². The Bertz CT molecular complexity index is 991. The highest BCUT2D eigenvalue weighted by Crippen LogP contribution is 2.14. The van der Waals surface area contributed by atoms with E-state index in [1.54, 1.807) is 41.1 Å². The normalized spacial score (nSPS) is 10.8. The zero-order valence-corrected chi connectivity index (χ0v) is 17.6. The van der Waals surface area contributed by atoms with Crippen LogP contribution in [-0.4, -0.2) is 26.8 Å². The number of nitrogens with one attached hydrogen (secondary N) is 2. The molecule has 0 aliphatic rings. The van der Waals surface area contributed by atoms with Crippen LogP contribution in [0.2, 0.25) is 0 Å². The number of amides is 2. The molecule has 0 radical (unpaired) electrons. The molecule has 30 heavy (non-hydrogen) atoms. The standard InChI is InChI=1S/C23H27N5O2/c1-4-5-6-20-15-28(27-24-20)21-13-11-19(12-14-21)23(30)26-25-22(29)18-9-7-17(8-10-18)16(2)3/h7-16H,4-6H2,1-3H3,(H,25,29)(H,26,30). The summed E-state index contributed by atoms with van der Waals surface area (Å²) in [6.07, 6.45) is 4.98. The van der Waals surface area contributed by atoms with Gasteiger partial charge in [0.1, 0.15) is 0 Å². The van der Waals surface area contributed by atoms with Crippen molar-refractivity contribution in [3.63, 3.8) is 0 Å². The maximum Gasteiger partial charge on any atom is 0.269 e. The molecule has 0 fully saturated rings. The van der Waals surface area contributed by atoms with Crippen LogP contribution in [0.5, 0.6) is 0 Å². The molecule has 2 amide bonds. The molecule has 1 heterocycles. The summed E-state index contributed by atoms with van der Waals surface area (Å²) in [7, 11) is 0. The van der Waals surface area contributed by atoms with Gasteiger partial charge in [0.15, 0.2) is 0 Å². The van der Waals surface area contributed by atoms with Crippen molar-refractivity contribution in [2.24, 2.45) is 0 Å². The third-order valence-corrected chi connectivity index (χ3v) is 4.85. The van der Waals surface area contributed by atoms with Crippen LogP contribution in [0, 0.1) is 0 Å². The number of aromatic nitrogens is 3. The minimum atomic E-state index is -0.393. The van der Waals surface area contributed by atoms with Crippen LogP contribution in [0.1, 0.15) is 71.5 Å². The highest BCUT2D eigenvalue weighted by molar-refractivity contribution is 5.99. The van der Waals surface area contributed by atoms with Crippen LogP contribution in [0.4, 0.5) is 0 Å². The molecule has 0 atom stereocenters. The Morgan fingerprint density at radius 1 is 0.933 bits per heavy atom. The van der Waals surface area contributed by atoms with Gasteiger partial charge < -0.3 is 0 Å². The number of nitrogens with zero attached hydrogens (tertiary/aromatic N) is 3. The largest absolute Gasteiger partial charge is 0.269 e. The lowest BCUT2D eigenvalue weighted by Gasteiger charge is -2.09. The van der Waals surface area contributed by atoms with Gasteiger partial charge in [-0.3, -0.25) is 20.4 Å². The highest BCUT2D eigenvalue weighted by Gasteiger charge is 2.10. The lowest BCUT2D eigenvalue weighted by molar-refractivity contribution is 0.0846. The Morgan fingerprint density at radius 3 is 2.03 bits per heavy atom. The van der Waals surface area contributed by atoms with Crippen LogP contribution in [0.15, 0.2) is 54.7 Å². The van der Waals surface area contributed by atoms with Crippen LogP contribution in [0.25, 0.3) is 5.69 Å². The topological polar surface area (TPSA) is 88.9 Å². The Kier molecular flexibility index (Phi) is 6.95. The van der Waals surface area contributed by atoms with Gasteiger partial charge >= 0.3 is 0 Å². The molecule has 0 saturated heterocycles. The van der Waals surface area contributed by atoms with Crippen molar-refractivity contribution in [3.05, 3.63) is 77.1 Å². The third-order valence-electron chi connectivity index (χ3n) is 4.85.